The maximum Gasteiger partial charge on any atom is 0.332 e. The van der Waals surface area contributed by atoms with Crippen LogP contribution in [0.3, 0.4) is 0 Å². The molecule has 38 heavy (non-hydrogen) atoms. The van der Waals surface area contributed by atoms with Crippen LogP contribution in [0.5, 0.6) is 5.75 Å². The summed E-state index contributed by atoms with van der Waals surface area (Å²) >= 11 is 1.98. The average Bonchev–Trinajstić information content (AvgIpc) is 2.82. The van der Waals surface area contributed by atoms with Crippen LogP contribution in [0.1, 0.15) is 76.2 Å². The monoisotopic (exact) mass is 641 g/mol. The van der Waals surface area contributed by atoms with Gasteiger partial charge in [0.15, 0.2) is 6.10 Å². The molecule has 0 radical (unpaired) electrons. The summed E-state index contributed by atoms with van der Waals surface area (Å²) in [6.07, 6.45) is 6.10. The van der Waals surface area contributed by atoms with Crippen LogP contribution in [-0.4, -0.2) is 48.1 Å². The Balaban J connectivity index is 2.09. The molecule has 2 rings (SSSR count). The molecule has 1 amide bonds. The highest BCUT2D eigenvalue weighted by atomic mass is 127. The van der Waals surface area contributed by atoms with E-state index in [0.717, 1.165) is 12.0 Å². The van der Waals surface area contributed by atoms with Crippen LogP contribution in [0.2, 0.25) is 0 Å². The third-order valence-corrected chi connectivity index (χ3v) is 6.68. The summed E-state index contributed by atoms with van der Waals surface area (Å²) in [5, 5.41) is 12.4. The van der Waals surface area contributed by atoms with E-state index in [1.54, 1.807) is 18.2 Å². The van der Waals surface area contributed by atoms with Gasteiger partial charge in [0.1, 0.15) is 16.1 Å². The Hall–Kier alpha value is -2.29. The van der Waals surface area contributed by atoms with Gasteiger partial charge in [-0.3, -0.25) is 4.79 Å². The molecule has 8 nitrogen and oxygen atoms in total. The van der Waals surface area contributed by atoms with E-state index in [0.29, 0.717) is 47.5 Å². The number of hydrogen-bond acceptors (Lipinski definition) is 6. The van der Waals surface area contributed by atoms with Gasteiger partial charge in [-0.05, 0) is 93.2 Å². The number of aliphatic carboxylic acids is 1. The summed E-state index contributed by atoms with van der Waals surface area (Å²) in [5.74, 6) is 1.83. The molecule has 0 saturated carbocycles. The minimum absolute atomic E-state index is 0.0999. The Kier molecular flexibility index (Phi) is 11.9. The lowest BCUT2D eigenvalue weighted by Crippen LogP contribution is -2.40. The number of carboxylic acids is 1. The van der Waals surface area contributed by atoms with Crippen LogP contribution in [0.15, 0.2) is 28.5 Å². The molecule has 0 spiro atoms. The second-order valence-corrected chi connectivity index (χ2v) is 12.2. The highest BCUT2D eigenvalue weighted by Gasteiger charge is 2.33. The minimum Gasteiger partial charge on any atom is -0.484 e. The zero-order chi connectivity index (χ0) is 28.5. The lowest BCUT2D eigenvalue weighted by Gasteiger charge is -2.32. The van der Waals surface area contributed by atoms with Crippen LogP contribution in [-0.2, 0) is 25.6 Å². The summed E-state index contributed by atoms with van der Waals surface area (Å²) < 4.78 is 23.7. The molecule has 9 heteroatoms. The maximum absolute atomic E-state index is 13.3. The van der Waals surface area contributed by atoms with Gasteiger partial charge in [0.2, 0.25) is 6.29 Å². The van der Waals surface area contributed by atoms with Crippen LogP contribution in [0.25, 0.3) is 0 Å². The topological polar surface area (TPSA) is 103 Å². The van der Waals surface area contributed by atoms with Crippen molar-refractivity contribution in [3.05, 3.63) is 39.7 Å². The van der Waals surface area contributed by atoms with Crippen LogP contribution < -0.4 is 10.1 Å². The van der Waals surface area contributed by atoms with Gasteiger partial charge in [-0.2, -0.15) is 0 Å². The standard InChI is InChI=1S/C29H40INO7/c1-8-28(4,5)12-14-36-29(6,7)11-13-31-26(32)22-17-21(18-35-20(3)30)9-10-23(22)37-25-16-19(2)15-24(38-25)27(33)34/h1,9-10,17,19,24-25H,3,11-16,18H2,2,4-7H3,(H,31,32)(H,33,34). The normalized spacial score (nSPS) is 19.8. The fourth-order valence-corrected chi connectivity index (χ4v) is 4.02. The Bertz CT molecular complexity index is 1030. The van der Waals surface area contributed by atoms with E-state index in [-0.39, 0.29) is 23.8 Å². The smallest absolute Gasteiger partial charge is 0.332 e. The first kappa shape index (κ1) is 31.9. The van der Waals surface area contributed by atoms with E-state index in [1.165, 1.54) is 0 Å². The van der Waals surface area contributed by atoms with Crippen molar-refractivity contribution in [1.29, 1.82) is 0 Å². The highest BCUT2D eigenvalue weighted by Crippen LogP contribution is 2.30. The SMILES string of the molecule is C#CC(C)(C)CCOC(C)(C)CCNC(=O)c1cc(COC(=C)I)ccc1OC1CC(C)CC(C(=O)O)O1. The van der Waals surface area contributed by atoms with Crippen molar-refractivity contribution in [3.8, 4) is 18.1 Å². The van der Waals surface area contributed by atoms with Crippen molar-refractivity contribution < 1.29 is 33.6 Å². The minimum atomic E-state index is -1.03. The molecule has 0 bridgehead atoms. The fraction of sp³-hybridized carbons (Fsp3) is 0.586. The number of nitrogens with one attached hydrogen (secondary N) is 1. The Morgan fingerprint density at radius 2 is 1.97 bits per heavy atom. The first-order valence-electron chi connectivity index (χ1n) is 12.8. The van der Waals surface area contributed by atoms with E-state index in [2.05, 4.69) is 17.8 Å². The molecule has 3 unspecified atom stereocenters. The largest absolute Gasteiger partial charge is 0.484 e. The molecule has 210 valence electrons. The molecule has 1 aliphatic rings. The van der Waals surface area contributed by atoms with E-state index < -0.39 is 24.0 Å². The summed E-state index contributed by atoms with van der Waals surface area (Å²) in [5.41, 5.74) is 0.393. The zero-order valence-corrected chi connectivity index (χ0v) is 25.1. The van der Waals surface area contributed by atoms with E-state index in [9.17, 15) is 14.7 Å². The molecule has 3 atom stereocenters. The number of ether oxygens (including phenoxy) is 4. The second-order valence-electron chi connectivity index (χ2n) is 11.0. The van der Waals surface area contributed by atoms with E-state index in [1.807, 2.05) is 57.2 Å². The first-order chi connectivity index (χ1) is 17.7. The van der Waals surface area contributed by atoms with Crippen molar-refractivity contribution >= 4 is 34.5 Å². The quantitative estimate of drug-likeness (QED) is 0.153. The van der Waals surface area contributed by atoms with Gasteiger partial charge in [-0.25, -0.2) is 4.79 Å². The van der Waals surface area contributed by atoms with E-state index in [4.69, 9.17) is 25.4 Å². The first-order valence-corrected chi connectivity index (χ1v) is 13.8. The summed E-state index contributed by atoms with van der Waals surface area (Å²) in [6, 6.07) is 5.18. The summed E-state index contributed by atoms with van der Waals surface area (Å²) in [6.45, 7) is 14.8. The van der Waals surface area contributed by atoms with Crippen molar-refractivity contribution in [1.82, 2.24) is 5.32 Å². The Labute approximate surface area is 240 Å². The third-order valence-electron chi connectivity index (χ3n) is 6.37. The number of carbonyl (C=O) groups is 2. The van der Waals surface area contributed by atoms with Crippen molar-refractivity contribution in [3.63, 3.8) is 0 Å². The molecule has 2 N–H and O–H groups in total. The lowest BCUT2D eigenvalue weighted by atomic mass is 9.91. The second kappa shape index (κ2) is 14.2. The number of terminal acetylenes is 1. The summed E-state index contributed by atoms with van der Waals surface area (Å²) in [4.78, 5) is 24.7. The van der Waals surface area contributed by atoms with Gasteiger partial charge in [0.25, 0.3) is 5.91 Å². The number of amides is 1. The van der Waals surface area contributed by atoms with Crippen molar-refractivity contribution in [2.24, 2.45) is 11.3 Å². The van der Waals surface area contributed by atoms with Gasteiger partial charge >= 0.3 is 5.97 Å². The maximum atomic E-state index is 13.3. The molecule has 0 aromatic heterocycles. The fourth-order valence-electron chi connectivity index (χ4n) is 3.87. The lowest BCUT2D eigenvalue weighted by molar-refractivity contribution is -0.187. The third kappa shape index (κ3) is 10.8. The molecular formula is C29H40INO7. The molecule has 0 aliphatic carbocycles. The van der Waals surface area contributed by atoms with Crippen LogP contribution in [0.4, 0.5) is 0 Å². The van der Waals surface area contributed by atoms with Gasteiger partial charge in [0, 0.05) is 25.0 Å². The van der Waals surface area contributed by atoms with Gasteiger partial charge in [-0.15, -0.1) is 12.3 Å². The van der Waals surface area contributed by atoms with Crippen LogP contribution >= 0.6 is 22.6 Å². The Morgan fingerprint density at radius 1 is 1.26 bits per heavy atom. The summed E-state index contributed by atoms with van der Waals surface area (Å²) in [7, 11) is 0. The van der Waals surface area contributed by atoms with Gasteiger partial charge < -0.3 is 29.4 Å². The van der Waals surface area contributed by atoms with Crippen molar-refractivity contribution in [2.45, 2.75) is 84.9 Å². The molecule has 1 fully saturated rings. The highest BCUT2D eigenvalue weighted by molar-refractivity contribution is 14.1. The molecule has 1 aliphatic heterocycles. The zero-order valence-electron chi connectivity index (χ0n) is 23.0. The van der Waals surface area contributed by atoms with E-state index >= 15 is 0 Å². The predicted octanol–water partition coefficient (Wildman–Crippen LogP) is 5.68. The number of rotatable bonds is 14. The number of carbonyl (C=O) groups excluding carboxylic acids is 1. The number of hydrogen-bond donors (Lipinski definition) is 2. The molecule has 1 saturated heterocycles. The van der Waals surface area contributed by atoms with Crippen LogP contribution in [0, 0.1) is 23.7 Å². The average molecular weight is 642 g/mol. The molecule has 1 aromatic rings. The van der Waals surface area contributed by atoms with Gasteiger partial charge in [-0.1, -0.05) is 19.6 Å². The molecule has 1 aromatic carbocycles. The number of carboxylic acid groups (broad SMARTS) is 1. The number of halogens is 1. The molecular weight excluding hydrogens is 601 g/mol. The van der Waals surface area contributed by atoms with Gasteiger partial charge in [0.05, 0.1) is 11.2 Å². The Morgan fingerprint density at radius 3 is 2.61 bits per heavy atom. The predicted molar refractivity (Wildman–Crippen MR) is 154 cm³/mol. The van der Waals surface area contributed by atoms with Crippen molar-refractivity contribution in [2.75, 3.05) is 13.2 Å². The molecule has 1 heterocycles. The number of benzene rings is 1.